The van der Waals surface area contributed by atoms with E-state index in [1.807, 2.05) is 6.20 Å². The predicted molar refractivity (Wildman–Crippen MR) is 71.0 cm³/mol. The lowest BCUT2D eigenvalue weighted by atomic mass is 9.87. The first-order chi connectivity index (χ1) is 8.04. The summed E-state index contributed by atoms with van der Waals surface area (Å²) in [6, 6.07) is 0. The Labute approximate surface area is 104 Å². The summed E-state index contributed by atoms with van der Waals surface area (Å²) in [6.07, 6.45) is 10.8. The Bertz CT molecular complexity index is 343. The van der Waals surface area contributed by atoms with Gasteiger partial charge in [0.15, 0.2) is 0 Å². The van der Waals surface area contributed by atoms with Crippen molar-refractivity contribution in [2.75, 3.05) is 0 Å². The zero-order valence-electron chi connectivity index (χ0n) is 11.1. The first-order valence-corrected chi connectivity index (χ1v) is 6.87. The number of nitrogens with two attached hydrogens (primary N) is 1. The van der Waals surface area contributed by atoms with Crippen LogP contribution in [0.1, 0.15) is 69.8 Å². The number of aromatic amines is 1. The van der Waals surface area contributed by atoms with Crippen LogP contribution >= 0.6 is 0 Å². The van der Waals surface area contributed by atoms with Gasteiger partial charge in [-0.1, -0.05) is 19.3 Å². The maximum absolute atomic E-state index is 5.99. The molecule has 1 aliphatic rings. The molecule has 1 heterocycles. The van der Waals surface area contributed by atoms with Gasteiger partial charge in [-0.3, -0.25) is 0 Å². The van der Waals surface area contributed by atoms with Crippen molar-refractivity contribution in [3.05, 3.63) is 17.7 Å². The number of H-pyrrole nitrogens is 1. The third kappa shape index (κ3) is 3.84. The minimum absolute atomic E-state index is 0.0994. The van der Waals surface area contributed by atoms with E-state index in [1.54, 1.807) is 0 Å². The Morgan fingerprint density at radius 3 is 2.71 bits per heavy atom. The summed E-state index contributed by atoms with van der Waals surface area (Å²) in [5, 5.41) is 0. The van der Waals surface area contributed by atoms with Crippen molar-refractivity contribution in [3.63, 3.8) is 0 Å². The van der Waals surface area contributed by atoms with Crippen LogP contribution < -0.4 is 5.73 Å². The summed E-state index contributed by atoms with van der Waals surface area (Å²) < 4.78 is 0. The molecular weight excluding hydrogens is 210 g/mol. The van der Waals surface area contributed by atoms with Gasteiger partial charge in [0, 0.05) is 29.8 Å². The van der Waals surface area contributed by atoms with E-state index >= 15 is 0 Å². The maximum Gasteiger partial charge on any atom is 0.106 e. The molecule has 0 atom stereocenters. The van der Waals surface area contributed by atoms with E-state index in [0.29, 0.717) is 0 Å². The molecule has 0 aliphatic heterocycles. The number of hydrogen-bond acceptors (Lipinski definition) is 2. The molecular formula is C14H25N3. The molecule has 1 aromatic rings. The monoisotopic (exact) mass is 235 g/mol. The fourth-order valence-corrected chi connectivity index (χ4v) is 2.57. The topological polar surface area (TPSA) is 54.7 Å². The minimum atomic E-state index is -0.0994. The van der Waals surface area contributed by atoms with Crippen LogP contribution in [-0.2, 0) is 6.42 Å². The first kappa shape index (κ1) is 12.6. The average molecular weight is 235 g/mol. The summed E-state index contributed by atoms with van der Waals surface area (Å²) >= 11 is 0. The number of nitrogens with one attached hydrogen (secondary N) is 1. The van der Waals surface area contributed by atoms with Crippen LogP contribution in [0.25, 0.3) is 0 Å². The van der Waals surface area contributed by atoms with Gasteiger partial charge in [-0.2, -0.15) is 0 Å². The fraction of sp³-hybridized carbons (Fsp3) is 0.786. The number of imidazole rings is 1. The van der Waals surface area contributed by atoms with Crippen LogP contribution in [-0.4, -0.2) is 15.5 Å². The molecule has 1 aliphatic carbocycles. The largest absolute Gasteiger partial charge is 0.346 e. The molecule has 3 N–H and O–H groups in total. The highest BCUT2D eigenvalue weighted by molar-refractivity contribution is 5.08. The smallest absolute Gasteiger partial charge is 0.106 e. The predicted octanol–water partition coefficient (Wildman–Crippen LogP) is 3.13. The molecule has 96 valence electrons. The van der Waals surface area contributed by atoms with Gasteiger partial charge >= 0.3 is 0 Å². The summed E-state index contributed by atoms with van der Waals surface area (Å²) in [5.41, 5.74) is 7.23. The molecule has 1 aromatic heterocycles. The highest BCUT2D eigenvalue weighted by Crippen LogP contribution is 2.31. The van der Waals surface area contributed by atoms with Gasteiger partial charge in [-0.15, -0.1) is 0 Å². The Balaban J connectivity index is 1.91. The molecule has 0 spiro atoms. The number of hydrogen-bond donors (Lipinski definition) is 2. The fourth-order valence-electron chi connectivity index (χ4n) is 2.57. The van der Waals surface area contributed by atoms with Crippen molar-refractivity contribution in [2.45, 2.75) is 70.3 Å². The van der Waals surface area contributed by atoms with Gasteiger partial charge in [-0.05, 0) is 33.1 Å². The van der Waals surface area contributed by atoms with Crippen molar-refractivity contribution < 1.29 is 0 Å². The highest BCUT2D eigenvalue weighted by atomic mass is 14.9. The lowest BCUT2D eigenvalue weighted by Crippen LogP contribution is -2.32. The Hall–Kier alpha value is -0.830. The molecule has 3 heteroatoms. The van der Waals surface area contributed by atoms with Crippen molar-refractivity contribution in [3.8, 4) is 0 Å². The Morgan fingerprint density at radius 2 is 2.06 bits per heavy atom. The van der Waals surface area contributed by atoms with E-state index in [9.17, 15) is 0 Å². The second-order valence-corrected chi connectivity index (χ2v) is 6.11. The van der Waals surface area contributed by atoms with Gasteiger partial charge < -0.3 is 10.7 Å². The van der Waals surface area contributed by atoms with E-state index in [4.69, 9.17) is 5.73 Å². The van der Waals surface area contributed by atoms with Crippen LogP contribution in [0.4, 0.5) is 0 Å². The maximum atomic E-state index is 5.99. The van der Waals surface area contributed by atoms with Crippen LogP contribution in [0.5, 0.6) is 0 Å². The number of nitrogens with zero attached hydrogens (tertiary/aromatic N) is 1. The van der Waals surface area contributed by atoms with Gasteiger partial charge in [0.25, 0.3) is 0 Å². The molecule has 0 aromatic carbocycles. The van der Waals surface area contributed by atoms with Crippen LogP contribution in [0.15, 0.2) is 6.20 Å². The third-order valence-electron chi connectivity index (χ3n) is 3.70. The zero-order valence-corrected chi connectivity index (χ0v) is 11.1. The lowest BCUT2D eigenvalue weighted by molar-refractivity contribution is 0.436. The summed E-state index contributed by atoms with van der Waals surface area (Å²) in [4.78, 5) is 7.97. The number of rotatable bonds is 4. The van der Waals surface area contributed by atoms with Crippen molar-refractivity contribution in [1.29, 1.82) is 0 Å². The molecule has 0 saturated heterocycles. The second-order valence-electron chi connectivity index (χ2n) is 6.11. The minimum Gasteiger partial charge on any atom is -0.346 e. The van der Waals surface area contributed by atoms with Crippen LogP contribution in [0.2, 0.25) is 0 Å². The first-order valence-electron chi connectivity index (χ1n) is 6.87. The van der Waals surface area contributed by atoms with E-state index in [0.717, 1.165) is 24.6 Å². The van der Waals surface area contributed by atoms with Gasteiger partial charge in [0.2, 0.25) is 0 Å². The van der Waals surface area contributed by atoms with Gasteiger partial charge in [0.1, 0.15) is 5.82 Å². The molecule has 0 bridgehead atoms. The quantitative estimate of drug-likeness (QED) is 0.842. The molecule has 1 saturated carbocycles. The Kier molecular flexibility index (Phi) is 3.87. The summed E-state index contributed by atoms with van der Waals surface area (Å²) in [5.74, 6) is 1.82. The molecule has 0 radical (unpaired) electrons. The zero-order chi connectivity index (χ0) is 12.3. The van der Waals surface area contributed by atoms with Crippen molar-refractivity contribution in [1.82, 2.24) is 9.97 Å². The summed E-state index contributed by atoms with van der Waals surface area (Å²) in [6.45, 7) is 4.13. The van der Waals surface area contributed by atoms with E-state index in [2.05, 4.69) is 23.8 Å². The summed E-state index contributed by atoms with van der Waals surface area (Å²) in [7, 11) is 0. The molecule has 1 fully saturated rings. The average Bonchev–Trinajstić information content (AvgIpc) is 2.75. The Morgan fingerprint density at radius 1 is 1.35 bits per heavy atom. The standard InChI is InChI=1S/C14H25N3/c1-14(2,15)9-8-13-16-10-12(17-13)11-6-4-3-5-7-11/h10-11H,3-9,15H2,1-2H3,(H,16,17). The van der Waals surface area contributed by atoms with E-state index in [-0.39, 0.29) is 5.54 Å². The normalized spacial score (nSPS) is 18.5. The van der Waals surface area contributed by atoms with Crippen molar-refractivity contribution in [2.24, 2.45) is 5.73 Å². The van der Waals surface area contributed by atoms with E-state index in [1.165, 1.54) is 37.8 Å². The van der Waals surface area contributed by atoms with Crippen LogP contribution in [0, 0.1) is 0 Å². The SMILES string of the molecule is CC(C)(N)CCc1ncc(C2CCCCC2)[nH]1. The molecule has 0 unspecified atom stereocenters. The third-order valence-corrected chi connectivity index (χ3v) is 3.70. The van der Waals surface area contributed by atoms with E-state index < -0.39 is 0 Å². The molecule has 3 nitrogen and oxygen atoms in total. The van der Waals surface area contributed by atoms with Crippen molar-refractivity contribution >= 4 is 0 Å². The number of aryl methyl sites for hydroxylation is 1. The highest BCUT2D eigenvalue weighted by Gasteiger charge is 2.18. The molecule has 17 heavy (non-hydrogen) atoms. The lowest BCUT2D eigenvalue weighted by Gasteiger charge is -2.20. The molecule has 0 amide bonds. The van der Waals surface area contributed by atoms with Gasteiger partial charge in [0.05, 0.1) is 0 Å². The van der Waals surface area contributed by atoms with Crippen LogP contribution in [0.3, 0.4) is 0 Å². The van der Waals surface area contributed by atoms with Gasteiger partial charge in [-0.25, -0.2) is 4.98 Å². The number of aromatic nitrogens is 2. The second kappa shape index (κ2) is 5.21. The molecule has 2 rings (SSSR count).